The number of carbonyl (C=O) groups is 2. The zero-order valence-corrected chi connectivity index (χ0v) is 11.6. The first-order valence-corrected chi connectivity index (χ1v) is 6.92. The number of rotatable bonds is 5. The molecular weight excluding hydrogens is 268 g/mol. The summed E-state index contributed by atoms with van der Waals surface area (Å²) in [7, 11) is 0. The summed E-state index contributed by atoms with van der Waals surface area (Å²) < 4.78 is 0. The molecule has 7 nitrogen and oxygen atoms in total. The van der Waals surface area contributed by atoms with E-state index in [4.69, 9.17) is 0 Å². The summed E-state index contributed by atoms with van der Waals surface area (Å²) in [4.78, 5) is 23.1. The number of nitrogens with one attached hydrogen (secondary N) is 2. The highest BCUT2D eigenvalue weighted by Gasteiger charge is 2.48. The van der Waals surface area contributed by atoms with E-state index in [1.165, 1.54) is 18.3 Å². The van der Waals surface area contributed by atoms with Crippen molar-refractivity contribution in [3.05, 3.63) is 5.01 Å². The predicted octanol–water partition coefficient (Wildman–Crippen LogP) is 1.48. The van der Waals surface area contributed by atoms with E-state index in [0.717, 1.165) is 24.3 Å². The molecule has 0 aliphatic heterocycles. The first-order chi connectivity index (χ1) is 8.95. The molecule has 1 aliphatic rings. The monoisotopic (exact) mass is 284 g/mol. The Kier molecular flexibility index (Phi) is 3.70. The van der Waals surface area contributed by atoms with Gasteiger partial charge in [0.15, 0.2) is 0 Å². The highest BCUT2D eigenvalue weighted by molar-refractivity contribution is 7.15. The number of urea groups is 1. The molecule has 0 bridgehead atoms. The van der Waals surface area contributed by atoms with Crippen LogP contribution in [0, 0.1) is 5.92 Å². The number of hydrogen-bond acceptors (Lipinski definition) is 5. The first-order valence-electron chi connectivity index (χ1n) is 6.10. The fourth-order valence-corrected chi connectivity index (χ4v) is 2.48. The van der Waals surface area contributed by atoms with Gasteiger partial charge in [-0.3, -0.25) is 5.32 Å². The Labute approximate surface area is 114 Å². The highest BCUT2D eigenvalue weighted by Crippen LogP contribution is 2.39. The van der Waals surface area contributed by atoms with Crippen molar-refractivity contribution in [2.45, 2.75) is 38.6 Å². The lowest BCUT2D eigenvalue weighted by atomic mass is 9.96. The molecule has 0 radical (unpaired) electrons. The lowest BCUT2D eigenvalue weighted by Crippen LogP contribution is -2.55. The summed E-state index contributed by atoms with van der Waals surface area (Å²) >= 11 is 1.28. The van der Waals surface area contributed by atoms with E-state index >= 15 is 0 Å². The SMILES string of the molecule is CCc1nnc(NC(=O)NC(C)(C(=O)O)C2CC2)s1. The van der Waals surface area contributed by atoms with Gasteiger partial charge in [0.1, 0.15) is 10.5 Å². The van der Waals surface area contributed by atoms with Crippen LogP contribution in [0.1, 0.15) is 31.7 Å². The Morgan fingerprint density at radius 1 is 1.47 bits per heavy atom. The Hall–Kier alpha value is -1.70. The van der Waals surface area contributed by atoms with Gasteiger partial charge in [-0.2, -0.15) is 0 Å². The zero-order chi connectivity index (χ0) is 14.0. The molecule has 2 amide bonds. The van der Waals surface area contributed by atoms with Crippen molar-refractivity contribution in [3.8, 4) is 0 Å². The quantitative estimate of drug-likeness (QED) is 0.759. The third-order valence-corrected chi connectivity index (χ3v) is 4.18. The number of carboxylic acids is 1. The molecule has 104 valence electrons. The van der Waals surface area contributed by atoms with E-state index < -0.39 is 17.5 Å². The fraction of sp³-hybridized carbons (Fsp3) is 0.636. The Bertz CT molecular complexity index is 500. The Balaban J connectivity index is 1.98. The third kappa shape index (κ3) is 3.01. The summed E-state index contributed by atoms with van der Waals surface area (Å²) in [5, 5.41) is 23.2. The van der Waals surface area contributed by atoms with Gasteiger partial charge >= 0.3 is 12.0 Å². The number of aliphatic carboxylic acids is 1. The molecule has 0 saturated heterocycles. The summed E-state index contributed by atoms with van der Waals surface area (Å²) in [6, 6.07) is -0.560. The van der Waals surface area contributed by atoms with Gasteiger partial charge in [-0.15, -0.1) is 10.2 Å². The van der Waals surface area contributed by atoms with E-state index in [0.29, 0.717) is 5.13 Å². The molecule has 0 aromatic carbocycles. The molecule has 8 heteroatoms. The van der Waals surface area contributed by atoms with E-state index in [9.17, 15) is 14.7 Å². The fourth-order valence-electron chi connectivity index (χ4n) is 1.80. The van der Waals surface area contributed by atoms with Crippen LogP contribution in [0.3, 0.4) is 0 Å². The molecule has 1 fully saturated rings. The first kappa shape index (κ1) is 13.7. The number of anilines is 1. The lowest BCUT2D eigenvalue weighted by Gasteiger charge is -2.25. The summed E-state index contributed by atoms with van der Waals surface area (Å²) in [6.45, 7) is 3.48. The van der Waals surface area contributed by atoms with Crippen LogP contribution in [0.5, 0.6) is 0 Å². The number of hydrogen-bond donors (Lipinski definition) is 3. The molecule has 2 rings (SSSR count). The van der Waals surface area contributed by atoms with E-state index in [-0.39, 0.29) is 5.92 Å². The van der Waals surface area contributed by atoms with E-state index in [1.54, 1.807) is 0 Å². The molecule has 1 heterocycles. The van der Waals surface area contributed by atoms with E-state index in [2.05, 4.69) is 20.8 Å². The van der Waals surface area contributed by atoms with Crippen LogP contribution in [0.4, 0.5) is 9.93 Å². The number of nitrogens with zero attached hydrogens (tertiary/aromatic N) is 2. The molecule has 0 spiro atoms. The minimum atomic E-state index is -1.22. The second-order valence-electron chi connectivity index (χ2n) is 4.72. The van der Waals surface area contributed by atoms with Crippen LogP contribution in [-0.2, 0) is 11.2 Å². The zero-order valence-electron chi connectivity index (χ0n) is 10.8. The molecule has 19 heavy (non-hydrogen) atoms. The molecule has 1 aliphatic carbocycles. The largest absolute Gasteiger partial charge is 0.480 e. The maximum absolute atomic E-state index is 11.8. The van der Waals surface area contributed by atoms with Crippen LogP contribution >= 0.6 is 11.3 Å². The topological polar surface area (TPSA) is 104 Å². The van der Waals surface area contributed by atoms with Gasteiger partial charge in [-0.1, -0.05) is 18.3 Å². The van der Waals surface area contributed by atoms with Crippen molar-refractivity contribution in [3.63, 3.8) is 0 Å². The van der Waals surface area contributed by atoms with Crippen LogP contribution in [0.2, 0.25) is 0 Å². The van der Waals surface area contributed by atoms with Gasteiger partial charge in [0.25, 0.3) is 0 Å². The number of aryl methyl sites for hydroxylation is 1. The van der Waals surface area contributed by atoms with Gasteiger partial charge in [0, 0.05) is 0 Å². The second-order valence-corrected chi connectivity index (χ2v) is 5.78. The molecule has 1 aromatic heterocycles. The molecule has 1 saturated carbocycles. The van der Waals surface area contributed by atoms with Gasteiger partial charge in [0.05, 0.1) is 0 Å². The van der Waals surface area contributed by atoms with Gasteiger partial charge in [0.2, 0.25) is 5.13 Å². The third-order valence-electron chi connectivity index (χ3n) is 3.20. The maximum Gasteiger partial charge on any atom is 0.329 e. The van der Waals surface area contributed by atoms with Crippen LogP contribution in [-0.4, -0.2) is 32.8 Å². The van der Waals surface area contributed by atoms with Crippen molar-refractivity contribution >= 4 is 28.5 Å². The molecule has 3 N–H and O–H groups in total. The van der Waals surface area contributed by atoms with Gasteiger partial charge in [-0.05, 0) is 32.1 Å². The Morgan fingerprint density at radius 3 is 2.63 bits per heavy atom. The summed E-state index contributed by atoms with van der Waals surface area (Å²) in [5.74, 6) is -1.02. The van der Waals surface area contributed by atoms with Crippen LogP contribution in [0.25, 0.3) is 0 Å². The molecular formula is C11H16N4O3S. The van der Waals surface area contributed by atoms with Crippen molar-refractivity contribution in [1.29, 1.82) is 0 Å². The van der Waals surface area contributed by atoms with Crippen LogP contribution < -0.4 is 10.6 Å². The average Bonchev–Trinajstić information content (AvgIpc) is 3.11. The minimum absolute atomic E-state index is 0.00336. The second kappa shape index (κ2) is 5.12. The lowest BCUT2D eigenvalue weighted by molar-refractivity contribution is -0.144. The standard InChI is InChI=1S/C11H16N4O3S/c1-3-7-14-15-10(19-7)12-9(18)13-11(2,8(16)17)6-4-5-6/h6H,3-5H2,1-2H3,(H,16,17)(H2,12,13,15,18). The molecule has 1 atom stereocenters. The number of amides is 2. The van der Waals surface area contributed by atoms with Crippen molar-refractivity contribution < 1.29 is 14.7 Å². The van der Waals surface area contributed by atoms with E-state index in [1.807, 2.05) is 6.92 Å². The molecule has 1 aromatic rings. The van der Waals surface area contributed by atoms with Crippen molar-refractivity contribution in [2.75, 3.05) is 5.32 Å². The smallest absolute Gasteiger partial charge is 0.329 e. The predicted molar refractivity (Wildman–Crippen MR) is 70.2 cm³/mol. The van der Waals surface area contributed by atoms with Crippen LogP contribution in [0.15, 0.2) is 0 Å². The number of aromatic nitrogens is 2. The maximum atomic E-state index is 11.8. The average molecular weight is 284 g/mol. The van der Waals surface area contributed by atoms with Gasteiger partial charge < -0.3 is 10.4 Å². The van der Waals surface area contributed by atoms with Crippen molar-refractivity contribution in [1.82, 2.24) is 15.5 Å². The molecule has 1 unspecified atom stereocenters. The Morgan fingerprint density at radius 2 is 2.16 bits per heavy atom. The van der Waals surface area contributed by atoms with Crippen molar-refractivity contribution in [2.24, 2.45) is 5.92 Å². The minimum Gasteiger partial charge on any atom is -0.480 e. The number of carbonyl (C=O) groups excluding carboxylic acids is 1. The summed E-state index contributed by atoms with van der Waals surface area (Å²) in [6.07, 6.45) is 2.39. The van der Waals surface area contributed by atoms with Gasteiger partial charge in [-0.25, -0.2) is 9.59 Å². The number of carboxylic acid groups (broad SMARTS) is 1. The normalized spacial score (nSPS) is 17.6. The summed E-state index contributed by atoms with van der Waals surface area (Å²) in [5.41, 5.74) is -1.22. The highest BCUT2D eigenvalue weighted by atomic mass is 32.1.